The van der Waals surface area contributed by atoms with Crippen molar-refractivity contribution >= 4 is 17.8 Å². The lowest BCUT2D eigenvalue weighted by Crippen LogP contribution is -2.51. The predicted octanol–water partition coefficient (Wildman–Crippen LogP) is 3.58. The van der Waals surface area contributed by atoms with Gasteiger partial charge in [-0.3, -0.25) is 9.59 Å². The van der Waals surface area contributed by atoms with Crippen molar-refractivity contribution in [3.05, 3.63) is 76.4 Å². The molecule has 2 aromatic rings. The van der Waals surface area contributed by atoms with Crippen LogP contribution < -0.4 is 0 Å². The van der Waals surface area contributed by atoms with Gasteiger partial charge in [-0.1, -0.05) is 55.5 Å². The van der Waals surface area contributed by atoms with E-state index in [1.807, 2.05) is 43.0 Å². The van der Waals surface area contributed by atoms with Crippen LogP contribution in [-0.2, 0) is 16.8 Å². The molecule has 4 heteroatoms. The number of carbonyl (C=O) groups excluding carboxylic acids is 2. The van der Waals surface area contributed by atoms with Crippen LogP contribution in [0.15, 0.2) is 54.1 Å². The molecule has 0 aromatic heterocycles. The van der Waals surface area contributed by atoms with Gasteiger partial charge in [-0.15, -0.1) is 0 Å². The molecule has 0 unspecified atom stereocenters. The van der Waals surface area contributed by atoms with E-state index in [-0.39, 0.29) is 11.8 Å². The Morgan fingerprint density at radius 1 is 1.18 bits per heavy atom. The Kier molecular flexibility index (Phi) is 4.68. The van der Waals surface area contributed by atoms with Crippen LogP contribution in [0.5, 0.6) is 0 Å². The summed E-state index contributed by atoms with van der Waals surface area (Å²) in [7, 11) is 0. The van der Waals surface area contributed by atoms with Crippen LogP contribution in [0.25, 0.3) is 5.57 Å². The van der Waals surface area contributed by atoms with Crippen LogP contribution in [0.2, 0.25) is 0 Å². The number of hydrogen-bond acceptors (Lipinski definition) is 3. The van der Waals surface area contributed by atoms with Crippen LogP contribution in [0, 0.1) is 5.92 Å². The van der Waals surface area contributed by atoms with Gasteiger partial charge in [0.1, 0.15) is 6.29 Å². The molecule has 1 heterocycles. The maximum absolute atomic E-state index is 13.2. The topological polar surface area (TPSA) is 57.6 Å². The monoisotopic (exact) mass is 375 g/mol. The number of amides is 1. The second-order valence-corrected chi connectivity index (χ2v) is 7.97. The summed E-state index contributed by atoms with van der Waals surface area (Å²) in [6.45, 7) is 4.91. The minimum atomic E-state index is -1.10. The van der Waals surface area contributed by atoms with E-state index in [2.05, 4.69) is 12.1 Å². The van der Waals surface area contributed by atoms with Gasteiger partial charge in [-0.25, -0.2) is 0 Å². The molecule has 0 bridgehead atoms. The second kappa shape index (κ2) is 7.02. The van der Waals surface area contributed by atoms with Crippen LogP contribution in [0.4, 0.5) is 0 Å². The van der Waals surface area contributed by atoms with Crippen LogP contribution in [-0.4, -0.2) is 35.3 Å². The number of aldehydes is 1. The van der Waals surface area contributed by atoms with E-state index in [1.54, 1.807) is 12.1 Å². The number of benzene rings is 2. The fourth-order valence-electron chi connectivity index (χ4n) is 4.66. The summed E-state index contributed by atoms with van der Waals surface area (Å²) in [6, 6.07) is 15.3. The molecule has 1 aliphatic carbocycles. The number of nitrogens with zero attached hydrogens (tertiary/aromatic N) is 1. The summed E-state index contributed by atoms with van der Waals surface area (Å²) < 4.78 is 0. The van der Waals surface area contributed by atoms with Crippen molar-refractivity contribution in [1.82, 2.24) is 4.90 Å². The molecule has 1 amide bonds. The molecule has 4 rings (SSSR count). The lowest BCUT2D eigenvalue weighted by molar-refractivity contribution is -0.136. The van der Waals surface area contributed by atoms with Crippen molar-refractivity contribution in [2.24, 2.45) is 5.92 Å². The van der Waals surface area contributed by atoms with Crippen LogP contribution >= 0.6 is 0 Å². The largest absolute Gasteiger partial charge is 0.385 e. The Morgan fingerprint density at radius 2 is 1.89 bits per heavy atom. The van der Waals surface area contributed by atoms with Crippen molar-refractivity contribution in [2.45, 2.75) is 32.3 Å². The highest BCUT2D eigenvalue weighted by atomic mass is 16.3. The van der Waals surface area contributed by atoms with Gasteiger partial charge in [0.15, 0.2) is 0 Å². The number of fused-ring (bicyclic) bond motifs is 1. The molecule has 1 aliphatic heterocycles. The molecule has 28 heavy (non-hydrogen) atoms. The standard InChI is InChI=1S/C24H25NO3/c1-16-14-25(12-11-24(16,28)22-10-6-4-8-19(22)15-26)23(27)21-13-18-7-3-5-9-20(18)17(21)2/h3-10,15-16,28H,11-14H2,1-2H3/t16-,24+/m0/s1. The lowest BCUT2D eigenvalue weighted by Gasteiger charge is -2.44. The molecule has 2 atom stereocenters. The van der Waals surface area contributed by atoms with Gasteiger partial charge >= 0.3 is 0 Å². The summed E-state index contributed by atoms with van der Waals surface area (Å²) in [5.74, 6) is -0.109. The maximum atomic E-state index is 13.2. The number of likely N-dealkylation sites (tertiary alicyclic amines) is 1. The Balaban J connectivity index is 1.56. The SMILES string of the molecule is CC1=C(C(=O)N2CC[C@](O)(c3ccccc3C=O)[C@@H](C)C2)Cc2ccccc21. The molecule has 2 aliphatic rings. The Hall–Kier alpha value is -2.72. The smallest absolute Gasteiger partial charge is 0.250 e. The van der Waals surface area contributed by atoms with Gasteiger partial charge in [-0.2, -0.15) is 0 Å². The highest BCUT2D eigenvalue weighted by Gasteiger charge is 2.43. The quantitative estimate of drug-likeness (QED) is 0.834. The molecule has 144 valence electrons. The van der Waals surface area contributed by atoms with E-state index in [1.165, 1.54) is 5.56 Å². The molecule has 0 radical (unpaired) electrons. The first-order valence-electron chi connectivity index (χ1n) is 9.80. The van der Waals surface area contributed by atoms with Crippen LogP contribution in [0.3, 0.4) is 0 Å². The molecule has 4 nitrogen and oxygen atoms in total. The van der Waals surface area contributed by atoms with Crippen molar-refractivity contribution in [1.29, 1.82) is 0 Å². The van der Waals surface area contributed by atoms with E-state index in [4.69, 9.17) is 0 Å². The zero-order valence-corrected chi connectivity index (χ0v) is 16.3. The van der Waals surface area contributed by atoms with E-state index >= 15 is 0 Å². The summed E-state index contributed by atoms with van der Waals surface area (Å²) >= 11 is 0. The third-order valence-electron chi connectivity index (χ3n) is 6.41. The summed E-state index contributed by atoms with van der Waals surface area (Å²) in [5, 5.41) is 11.4. The predicted molar refractivity (Wildman–Crippen MR) is 109 cm³/mol. The third kappa shape index (κ3) is 2.89. The molecule has 1 saturated heterocycles. The summed E-state index contributed by atoms with van der Waals surface area (Å²) in [5.41, 5.74) is 4.34. The normalized spacial score (nSPS) is 24.2. The fraction of sp³-hybridized carbons (Fsp3) is 0.333. The second-order valence-electron chi connectivity index (χ2n) is 7.97. The molecule has 0 spiro atoms. The lowest BCUT2D eigenvalue weighted by atomic mass is 9.75. The Bertz CT molecular complexity index is 977. The van der Waals surface area contributed by atoms with Gasteiger partial charge in [0.25, 0.3) is 0 Å². The summed E-state index contributed by atoms with van der Waals surface area (Å²) in [6.07, 6.45) is 1.88. The fourth-order valence-corrected chi connectivity index (χ4v) is 4.66. The first-order chi connectivity index (χ1) is 13.5. The van der Waals surface area contributed by atoms with Gasteiger partial charge in [-0.05, 0) is 35.6 Å². The van der Waals surface area contributed by atoms with Gasteiger partial charge in [0, 0.05) is 36.6 Å². The van der Waals surface area contributed by atoms with E-state index in [9.17, 15) is 14.7 Å². The molecular formula is C24H25NO3. The first kappa shape index (κ1) is 18.6. The number of allylic oxidation sites excluding steroid dienone is 1. The minimum absolute atomic E-state index is 0.0614. The average Bonchev–Trinajstić information content (AvgIpc) is 3.06. The number of rotatable bonds is 3. The highest BCUT2D eigenvalue weighted by Crippen LogP contribution is 2.40. The van der Waals surface area contributed by atoms with Gasteiger partial charge in [0.2, 0.25) is 5.91 Å². The number of carbonyl (C=O) groups is 2. The number of piperidine rings is 1. The molecule has 1 fully saturated rings. The van der Waals surface area contributed by atoms with Crippen molar-refractivity contribution in [3.8, 4) is 0 Å². The summed E-state index contributed by atoms with van der Waals surface area (Å²) in [4.78, 5) is 26.5. The maximum Gasteiger partial charge on any atom is 0.250 e. The van der Waals surface area contributed by atoms with Crippen LogP contribution in [0.1, 0.15) is 47.3 Å². The zero-order valence-electron chi connectivity index (χ0n) is 16.3. The zero-order chi connectivity index (χ0) is 19.9. The van der Waals surface area contributed by atoms with Crippen molar-refractivity contribution in [2.75, 3.05) is 13.1 Å². The van der Waals surface area contributed by atoms with Gasteiger partial charge in [0.05, 0.1) is 5.60 Å². The van der Waals surface area contributed by atoms with Crippen molar-refractivity contribution in [3.63, 3.8) is 0 Å². The van der Waals surface area contributed by atoms with E-state index in [0.29, 0.717) is 37.1 Å². The Labute approximate surface area is 165 Å². The van der Waals surface area contributed by atoms with E-state index < -0.39 is 5.60 Å². The molecule has 1 N–H and O–H groups in total. The first-order valence-corrected chi connectivity index (χ1v) is 9.80. The minimum Gasteiger partial charge on any atom is -0.385 e. The Morgan fingerprint density at radius 3 is 2.61 bits per heavy atom. The molecule has 2 aromatic carbocycles. The van der Waals surface area contributed by atoms with Gasteiger partial charge < -0.3 is 10.0 Å². The number of hydrogen-bond donors (Lipinski definition) is 1. The molecular weight excluding hydrogens is 350 g/mol. The highest BCUT2D eigenvalue weighted by molar-refractivity contribution is 6.03. The van der Waals surface area contributed by atoms with Crippen molar-refractivity contribution < 1.29 is 14.7 Å². The third-order valence-corrected chi connectivity index (χ3v) is 6.41. The average molecular weight is 375 g/mol. The van der Waals surface area contributed by atoms with E-state index in [0.717, 1.165) is 23.0 Å². The molecule has 0 saturated carbocycles. The number of aliphatic hydroxyl groups is 1.